The number of methoxy groups -OCH3 is 1. The van der Waals surface area contributed by atoms with Crippen LogP contribution in [-0.2, 0) is 11.2 Å². The number of carbonyl (C=O) groups excluding carboxylic acids is 3. The Morgan fingerprint density at radius 3 is 2.54 bits per heavy atom. The van der Waals surface area contributed by atoms with E-state index in [1.165, 1.54) is 18.9 Å². The number of amides is 1. The van der Waals surface area contributed by atoms with Crippen LogP contribution in [0.25, 0.3) is 11.0 Å². The number of hydrogen-bond donors (Lipinski definition) is 1. The van der Waals surface area contributed by atoms with Gasteiger partial charge in [-0.15, -0.1) is 0 Å². The number of Topliss-reactive ketones (excluding diaryl/α,β-unsaturated/α-hetero) is 2. The van der Waals surface area contributed by atoms with Gasteiger partial charge in [-0.25, -0.2) is 4.98 Å². The van der Waals surface area contributed by atoms with Crippen molar-refractivity contribution in [3.05, 3.63) is 87.3 Å². The molecule has 1 aliphatic heterocycles. The molecule has 5 rings (SSSR count). The minimum absolute atomic E-state index is 0.0365. The number of aliphatic hydroxyl groups is 1. The van der Waals surface area contributed by atoms with E-state index in [-0.39, 0.29) is 22.2 Å². The molecule has 2 aromatic carbocycles. The van der Waals surface area contributed by atoms with Crippen LogP contribution in [0.1, 0.15) is 56.9 Å². The molecule has 2 aromatic heterocycles. The van der Waals surface area contributed by atoms with E-state index in [9.17, 15) is 19.5 Å². The van der Waals surface area contributed by atoms with E-state index < -0.39 is 23.5 Å². The Labute approximate surface area is 216 Å². The van der Waals surface area contributed by atoms with Gasteiger partial charge in [-0.2, -0.15) is 0 Å². The molecule has 9 heteroatoms. The fraction of sp³-hybridized carbons (Fsp3) is 0.214. The van der Waals surface area contributed by atoms with Crippen LogP contribution in [-0.4, -0.2) is 34.7 Å². The van der Waals surface area contributed by atoms with E-state index in [2.05, 4.69) is 4.98 Å². The first-order chi connectivity index (χ1) is 17.7. The van der Waals surface area contributed by atoms with Gasteiger partial charge in [0.05, 0.1) is 29.3 Å². The number of thiazole rings is 1. The third-order valence-electron chi connectivity index (χ3n) is 6.42. The van der Waals surface area contributed by atoms with E-state index in [4.69, 9.17) is 9.15 Å². The smallest absolute Gasteiger partial charge is 0.296 e. The van der Waals surface area contributed by atoms with Crippen LogP contribution >= 0.6 is 11.3 Å². The van der Waals surface area contributed by atoms with Crippen molar-refractivity contribution in [2.45, 2.75) is 33.2 Å². The number of nitrogens with zero attached hydrogens (tertiary/aromatic N) is 2. The van der Waals surface area contributed by atoms with E-state index in [0.29, 0.717) is 32.9 Å². The third kappa shape index (κ3) is 4.01. The molecule has 1 aliphatic rings. The largest absolute Gasteiger partial charge is 0.503 e. The Balaban J connectivity index is 1.66. The van der Waals surface area contributed by atoms with Crippen LogP contribution in [0, 0.1) is 6.92 Å². The molecule has 8 nitrogen and oxygen atoms in total. The van der Waals surface area contributed by atoms with Gasteiger partial charge in [-0.05, 0) is 36.6 Å². The summed E-state index contributed by atoms with van der Waals surface area (Å²) < 4.78 is 11.2. The van der Waals surface area contributed by atoms with Crippen molar-refractivity contribution in [3.63, 3.8) is 0 Å². The number of aryl methyl sites for hydroxylation is 2. The Hall–Kier alpha value is -4.24. The minimum atomic E-state index is -0.966. The van der Waals surface area contributed by atoms with Crippen LogP contribution in [0.4, 0.5) is 5.13 Å². The van der Waals surface area contributed by atoms with Crippen molar-refractivity contribution in [1.29, 1.82) is 0 Å². The second-order valence-electron chi connectivity index (χ2n) is 8.72. The van der Waals surface area contributed by atoms with Gasteiger partial charge in [0.1, 0.15) is 0 Å². The summed E-state index contributed by atoms with van der Waals surface area (Å²) in [6, 6.07) is 13.3. The van der Waals surface area contributed by atoms with Crippen LogP contribution < -0.4 is 9.64 Å². The van der Waals surface area contributed by atoms with Gasteiger partial charge in [0, 0.05) is 12.3 Å². The molecule has 1 atom stereocenters. The molecule has 1 unspecified atom stereocenters. The molecule has 0 bridgehead atoms. The summed E-state index contributed by atoms with van der Waals surface area (Å²) in [5.41, 5.74) is 2.44. The Bertz CT molecular complexity index is 1590. The lowest BCUT2D eigenvalue weighted by molar-refractivity contribution is -0.117. The van der Waals surface area contributed by atoms with Crippen molar-refractivity contribution in [3.8, 4) is 5.75 Å². The molecule has 3 heterocycles. The summed E-state index contributed by atoms with van der Waals surface area (Å²) in [6.45, 7) is 5.14. The number of ether oxygens (including phenoxy) is 1. The number of anilines is 1. The Kier molecular flexibility index (Phi) is 6.16. The molecular weight excluding hydrogens is 492 g/mol. The number of rotatable bonds is 7. The van der Waals surface area contributed by atoms with Gasteiger partial charge in [-0.1, -0.05) is 54.7 Å². The highest BCUT2D eigenvalue weighted by atomic mass is 32.1. The molecule has 0 aliphatic carbocycles. The number of fused-ring (bicyclic) bond motifs is 1. The monoisotopic (exact) mass is 516 g/mol. The van der Waals surface area contributed by atoms with Gasteiger partial charge < -0.3 is 14.3 Å². The van der Waals surface area contributed by atoms with Gasteiger partial charge in [0.15, 0.2) is 33.8 Å². The maximum atomic E-state index is 13.8. The molecule has 188 valence electrons. The lowest BCUT2D eigenvalue weighted by Crippen LogP contribution is -2.31. The zero-order valence-electron chi connectivity index (χ0n) is 20.7. The molecular formula is C28H24N2O6S. The molecule has 0 saturated carbocycles. The van der Waals surface area contributed by atoms with E-state index in [1.54, 1.807) is 31.2 Å². The average Bonchev–Trinajstić information content (AvgIpc) is 3.57. The van der Waals surface area contributed by atoms with Crippen LogP contribution in [0.2, 0.25) is 0 Å². The number of furan rings is 1. The molecule has 0 radical (unpaired) electrons. The second-order valence-corrected chi connectivity index (χ2v) is 9.70. The van der Waals surface area contributed by atoms with Gasteiger partial charge in [0.25, 0.3) is 5.91 Å². The van der Waals surface area contributed by atoms with Crippen molar-refractivity contribution in [2.75, 3.05) is 12.0 Å². The normalized spacial score (nSPS) is 15.6. The van der Waals surface area contributed by atoms with Crippen LogP contribution in [0.15, 0.2) is 64.3 Å². The number of benzene rings is 2. The highest BCUT2D eigenvalue weighted by Crippen LogP contribution is 2.44. The summed E-state index contributed by atoms with van der Waals surface area (Å²) >= 11 is 1.05. The lowest BCUT2D eigenvalue weighted by atomic mass is 9.94. The second kappa shape index (κ2) is 9.33. The Morgan fingerprint density at radius 2 is 1.92 bits per heavy atom. The van der Waals surface area contributed by atoms with E-state index >= 15 is 0 Å². The molecule has 0 saturated heterocycles. The summed E-state index contributed by atoms with van der Waals surface area (Å²) in [7, 11) is 1.50. The predicted molar refractivity (Wildman–Crippen MR) is 140 cm³/mol. The fourth-order valence-electron chi connectivity index (χ4n) is 4.54. The molecule has 37 heavy (non-hydrogen) atoms. The highest BCUT2D eigenvalue weighted by molar-refractivity contribution is 7.17. The maximum Gasteiger partial charge on any atom is 0.296 e. The van der Waals surface area contributed by atoms with E-state index in [1.807, 2.05) is 31.2 Å². The maximum absolute atomic E-state index is 13.8. The first-order valence-corrected chi connectivity index (χ1v) is 12.5. The predicted octanol–water partition coefficient (Wildman–Crippen LogP) is 5.75. The first kappa shape index (κ1) is 24.5. The quantitative estimate of drug-likeness (QED) is 0.311. The number of aliphatic hydroxyl groups excluding tert-OH is 1. The summed E-state index contributed by atoms with van der Waals surface area (Å²) in [5.74, 6) is -1.84. The van der Waals surface area contributed by atoms with E-state index in [0.717, 1.165) is 23.3 Å². The summed E-state index contributed by atoms with van der Waals surface area (Å²) in [4.78, 5) is 45.5. The third-order valence-corrected chi connectivity index (χ3v) is 7.68. The standard InChI is InChI=1S/C28H24N2O6S/c1-5-16-9-11-17(12-10-16)22-21(23(32)20-13-18-7-6-8-19(35-4)25(18)36-20)24(33)27(34)30(22)28-29-14(2)26(37-28)15(3)31/h6-13,22,33H,5H2,1-4H3. The highest BCUT2D eigenvalue weighted by Gasteiger charge is 2.46. The number of hydrogen-bond acceptors (Lipinski definition) is 8. The van der Waals surface area contributed by atoms with Crippen molar-refractivity contribution in [2.24, 2.45) is 0 Å². The number of ketones is 2. The van der Waals surface area contributed by atoms with Crippen molar-refractivity contribution < 1.29 is 28.6 Å². The molecule has 1 N–H and O–H groups in total. The van der Waals surface area contributed by atoms with Gasteiger partial charge >= 0.3 is 0 Å². The van der Waals surface area contributed by atoms with Crippen LogP contribution in [0.3, 0.4) is 0 Å². The topological polar surface area (TPSA) is 110 Å². The van der Waals surface area contributed by atoms with Crippen LogP contribution in [0.5, 0.6) is 5.75 Å². The van der Waals surface area contributed by atoms with Gasteiger partial charge in [-0.3, -0.25) is 19.3 Å². The van der Waals surface area contributed by atoms with Crippen molar-refractivity contribution in [1.82, 2.24) is 4.98 Å². The van der Waals surface area contributed by atoms with Gasteiger partial charge in [0.2, 0.25) is 5.78 Å². The number of para-hydroxylation sites is 1. The zero-order valence-corrected chi connectivity index (χ0v) is 21.5. The minimum Gasteiger partial charge on any atom is -0.503 e. The number of aromatic nitrogens is 1. The SMILES string of the molecule is CCc1ccc(C2C(C(=O)c3cc4cccc(OC)c4o3)=C(O)C(=O)N2c2nc(C)c(C(C)=O)s2)cc1. The Morgan fingerprint density at radius 1 is 1.19 bits per heavy atom. The first-order valence-electron chi connectivity index (χ1n) is 11.7. The zero-order chi connectivity index (χ0) is 26.4. The molecule has 0 fully saturated rings. The summed E-state index contributed by atoms with van der Waals surface area (Å²) in [6.07, 6.45) is 0.814. The lowest BCUT2D eigenvalue weighted by Gasteiger charge is -2.24. The fourth-order valence-corrected chi connectivity index (χ4v) is 5.53. The molecule has 0 spiro atoms. The number of carbonyl (C=O) groups is 3. The summed E-state index contributed by atoms with van der Waals surface area (Å²) in [5, 5.41) is 11.9. The molecule has 4 aromatic rings. The van der Waals surface area contributed by atoms with Crippen molar-refractivity contribution >= 4 is 44.9 Å². The average molecular weight is 517 g/mol. The molecule has 1 amide bonds.